The second-order valence-electron chi connectivity index (χ2n) is 8.54. The average Bonchev–Trinajstić information content (AvgIpc) is 3.38. The van der Waals surface area contributed by atoms with Gasteiger partial charge in [-0.15, -0.1) is 0 Å². The van der Waals surface area contributed by atoms with E-state index in [1.54, 1.807) is 55.6 Å². The van der Waals surface area contributed by atoms with Crippen LogP contribution < -0.4 is 24.8 Å². The summed E-state index contributed by atoms with van der Waals surface area (Å²) in [5.74, 6) is 2.06. The number of ether oxygens (including phenoxy) is 3. The summed E-state index contributed by atoms with van der Waals surface area (Å²) in [5.41, 5.74) is 1.90. The number of amides is 2. The lowest BCUT2D eigenvalue weighted by Crippen LogP contribution is -2.19. The fourth-order valence-electron chi connectivity index (χ4n) is 3.98. The highest BCUT2D eigenvalue weighted by Crippen LogP contribution is 2.38. The van der Waals surface area contributed by atoms with Crippen LogP contribution in [0.4, 0.5) is 16.2 Å². The van der Waals surface area contributed by atoms with Crippen molar-refractivity contribution in [1.82, 2.24) is 19.7 Å². The van der Waals surface area contributed by atoms with Gasteiger partial charge < -0.3 is 24.8 Å². The molecule has 0 unspecified atom stereocenters. The monoisotopic (exact) mass is 498 g/mol. The molecule has 3 aromatic carbocycles. The summed E-state index contributed by atoms with van der Waals surface area (Å²) in [5, 5.41) is 12.3. The number of rotatable bonds is 7. The molecule has 0 radical (unpaired) electrons. The van der Waals surface area contributed by atoms with E-state index in [1.807, 2.05) is 38.1 Å². The molecule has 0 aliphatic rings. The quantitative estimate of drug-likeness (QED) is 0.282. The Balaban J connectivity index is 1.44. The molecule has 0 aliphatic heterocycles. The van der Waals surface area contributed by atoms with Gasteiger partial charge in [0.2, 0.25) is 5.88 Å². The van der Waals surface area contributed by atoms with Crippen LogP contribution in [-0.4, -0.2) is 40.0 Å². The number of aromatic nitrogens is 4. The summed E-state index contributed by atoms with van der Waals surface area (Å²) in [6.45, 7) is 4.04. The summed E-state index contributed by atoms with van der Waals surface area (Å²) < 4.78 is 18.9. The van der Waals surface area contributed by atoms with Gasteiger partial charge in [0.25, 0.3) is 0 Å². The maximum atomic E-state index is 12.7. The van der Waals surface area contributed by atoms with E-state index < -0.39 is 0 Å². The van der Waals surface area contributed by atoms with E-state index in [2.05, 4.69) is 25.7 Å². The zero-order valence-electron chi connectivity index (χ0n) is 20.9. The van der Waals surface area contributed by atoms with Crippen molar-refractivity contribution in [2.75, 3.05) is 24.9 Å². The number of urea groups is 1. The number of carbonyl (C=O) groups is 1. The van der Waals surface area contributed by atoms with E-state index in [0.29, 0.717) is 45.4 Å². The lowest BCUT2D eigenvalue weighted by molar-refractivity contribution is 0.262. The third-order valence-electron chi connectivity index (χ3n) is 5.83. The molecule has 0 atom stereocenters. The molecule has 10 heteroatoms. The van der Waals surface area contributed by atoms with E-state index in [4.69, 9.17) is 14.2 Å². The minimum atomic E-state index is -0.370. The third kappa shape index (κ3) is 4.81. The number of fused-ring (bicyclic) bond motifs is 2. The van der Waals surface area contributed by atoms with Gasteiger partial charge in [-0.25, -0.2) is 14.8 Å². The first-order valence-electron chi connectivity index (χ1n) is 11.7. The smallest absolute Gasteiger partial charge is 0.323 e. The highest BCUT2D eigenvalue weighted by molar-refractivity contribution is 6.07. The molecule has 2 amide bonds. The van der Waals surface area contributed by atoms with Crippen molar-refractivity contribution in [1.29, 1.82) is 0 Å². The summed E-state index contributed by atoms with van der Waals surface area (Å²) in [6.07, 6.45) is 4.84. The largest absolute Gasteiger partial charge is 0.493 e. The number of nitrogens with zero attached hydrogens (tertiary/aromatic N) is 4. The van der Waals surface area contributed by atoms with Crippen LogP contribution in [0.2, 0.25) is 0 Å². The van der Waals surface area contributed by atoms with E-state index in [-0.39, 0.29) is 12.1 Å². The average molecular weight is 499 g/mol. The first-order valence-corrected chi connectivity index (χ1v) is 11.7. The van der Waals surface area contributed by atoms with Crippen molar-refractivity contribution in [2.45, 2.75) is 19.9 Å². The Morgan fingerprint density at radius 2 is 1.65 bits per heavy atom. The van der Waals surface area contributed by atoms with Gasteiger partial charge in [0, 0.05) is 29.1 Å². The van der Waals surface area contributed by atoms with E-state index >= 15 is 0 Å². The predicted molar refractivity (Wildman–Crippen MR) is 142 cm³/mol. The summed E-state index contributed by atoms with van der Waals surface area (Å²) in [6, 6.07) is 14.6. The zero-order valence-corrected chi connectivity index (χ0v) is 20.9. The van der Waals surface area contributed by atoms with Crippen molar-refractivity contribution >= 4 is 39.1 Å². The van der Waals surface area contributed by atoms with Crippen LogP contribution in [0.5, 0.6) is 23.1 Å². The van der Waals surface area contributed by atoms with Gasteiger partial charge in [-0.1, -0.05) is 24.3 Å². The first kappa shape index (κ1) is 23.9. The van der Waals surface area contributed by atoms with Crippen molar-refractivity contribution in [2.24, 2.45) is 0 Å². The van der Waals surface area contributed by atoms with Crippen LogP contribution >= 0.6 is 0 Å². The van der Waals surface area contributed by atoms with Gasteiger partial charge in [0.1, 0.15) is 12.1 Å². The maximum absolute atomic E-state index is 12.7. The third-order valence-corrected chi connectivity index (χ3v) is 5.83. The molecule has 0 aliphatic carbocycles. The molecule has 0 bridgehead atoms. The number of hydrogen-bond acceptors (Lipinski definition) is 7. The molecular weight excluding hydrogens is 472 g/mol. The minimum Gasteiger partial charge on any atom is -0.493 e. The topological polar surface area (TPSA) is 112 Å². The molecule has 0 saturated carbocycles. The molecule has 0 fully saturated rings. The first-order chi connectivity index (χ1) is 18.0. The maximum Gasteiger partial charge on any atom is 0.323 e. The molecule has 188 valence electrons. The Morgan fingerprint density at radius 3 is 2.38 bits per heavy atom. The predicted octanol–water partition coefficient (Wildman–Crippen LogP) is 6.01. The number of hydrogen-bond donors (Lipinski definition) is 2. The molecule has 2 heterocycles. The van der Waals surface area contributed by atoms with Crippen LogP contribution in [0.25, 0.3) is 21.7 Å². The highest BCUT2D eigenvalue weighted by Gasteiger charge is 2.15. The molecule has 37 heavy (non-hydrogen) atoms. The molecule has 2 N–H and O–H groups in total. The molecule has 5 rings (SSSR count). The molecule has 0 spiro atoms. The van der Waals surface area contributed by atoms with Gasteiger partial charge >= 0.3 is 6.03 Å². The molecule has 2 aromatic heterocycles. The second kappa shape index (κ2) is 10.0. The van der Waals surface area contributed by atoms with Crippen LogP contribution in [-0.2, 0) is 0 Å². The van der Waals surface area contributed by atoms with Crippen molar-refractivity contribution in [3.05, 3.63) is 67.3 Å². The zero-order chi connectivity index (χ0) is 25.9. The van der Waals surface area contributed by atoms with Crippen LogP contribution in [0.1, 0.15) is 19.9 Å². The Hall–Kier alpha value is -4.86. The van der Waals surface area contributed by atoms with Crippen molar-refractivity contribution < 1.29 is 19.0 Å². The van der Waals surface area contributed by atoms with Crippen LogP contribution in [0.3, 0.4) is 0 Å². The summed E-state index contributed by atoms with van der Waals surface area (Å²) in [7, 11) is 3.14. The SMILES string of the molecule is COc1cc2ncnc(Oc3ccc(NC(=O)Nc4cnn(C(C)C)c4)c4ccccc34)c2cc1OC. The molecule has 0 saturated heterocycles. The fraction of sp³-hybridized carbons (Fsp3) is 0.185. The van der Waals surface area contributed by atoms with Gasteiger partial charge in [0.15, 0.2) is 11.5 Å². The second-order valence-corrected chi connectivity index (χ2v) is 8.54. The van der Waals surface area contributed by atoms with Gasteiger partial charge in [0.05, 0.1) is 42.7 Å². The van der Waals surface area contributed by atoms with Crippen molar-refractivity contribution in [3.8, 4) is 23.1 Å². The Labute approximate surface area is 213 Å². The summed E-state index contributed by atoms with van der Waals surface area (Å²) in [4.78, 5) is 21.4. The van der Waals surface area contributed by atoms with Crippen LogP contribution in [0.15, 0.2) is 67.3 Å². The van der Waals surface area contributed by atoms with Gasteiger partial charge in [-0.3, -0.25) is 4.68 Å². The summed E-state index contributed by atoms with van der Waals surface area (Å²) >= 11 is 0. The normalized spacial score (nSPS) is 11.1. The van der Waals surface area contributed by atoms with Gasteiger partial charge in [-0.2, -0.15) is 5.10 Å². The Kier molecular flexibility index (Phi) is 6.46. The molecule has 10 nitrogen and oxygen atoms in total. The van der Waals surface area contributed by atoms with E-state index in [0.717, 1.165) is 10.8 Å². The minimum absolute atomic E-state index is 0.199. The Bertz CT molecular complexity index is 1600. The number of nitrogens with one attached hydrogen (secondary N) is 2. The fourth-order valence-corrected chi connectivity index (χ4v) is 3.98. The standard InChI is InChI=1S/C27H26N6O4/c1-16(2)33-14-17(13-30-33)31-27(34)32-21-9-10-23(19-8-6-5-7-18(19)21)37-26-20-11-24(35-3)25(36-4)12-22(20)28-15-29-26/h5-16H,1-4H3,(H2,31,32,34). The Morgan fingerprint density at radius 1 is 0.892 bits per heavy atom. The lowest BCUT2D eigenvalue weighted by Gasteiger charge is -2.14. The molecular formula is C27H26N6O4. The molecule has 5 aromatic rings. The lowest BCUT2D eigenvalue weighted by atomic mass is 10.1. The number of carbonyl (C=O) groups excluding carboxylic acids is 1. The number of benzene rings is 3. The van der Waals surface area contributed by atoms with E-state index in [9.17, 15) is 4.79 Å². The van der Waals surface area contributed by atoms with Crippen LogP contribution in [0, 0.1) is 0 Å². The number of anilines is 2. The highest BCUT2D eigenvalue weighted by atomic mass is 16.5. The van der Waals surface area contributed by atoms with Crippen molar-refractivity contribution in [3.63, 3.8) is 0 Å². The van der Waals surface area contributed by atoms with Gasteiger partial charge in [-0.05, 0) is 32.0 Å². The van der Waals surface area contributed by atoms with E-state index in [1.165, 1.54) is 6.33 Å². The number of methoxy groups -OCH3 is 2.